The summed E-state index contributed by atoms with van der Waals surface area (Å²) in [6.07, 6.45) is 2.45. The first kappa shape index (κ1) is 14.9. The minimum Gasteiger partial charge on any atom is -0.362 e. The normalized spacial score (nSPS) is 24.6. The molecular weight excluding hydrogens is 278 g/mol. The van der Waals surface area contributed by atoms with E-state index in [4.69, 9.17) is 0 Å². The number of benzene rings is 1. The van der Waals surface area contributed by atoms with Gasteiger partial charge in [-0.3, -0.25) is 9.89 Å². The molecule has 0 bridgehead atoms. The van der Waals surface area contributed by atoms with Crippen molar-refractivity contribution in [2.24, 2.45) is 10.9 Å². The molecule has 0 radical (unpaired) electrons. The number of amidine groups is 1. The Bertz CT molecular complexity index is 466. The zero-order valence-electron chi connectivity index (χ0n) is 12.8. The summed E-state index contributed by atoms with van der Waals surface area (Å²) >= 11 is 1.89. The fourth-order valence-corrected chi connectivity index (χ4v) is 3.86. The molecule has 0 aromatic heterocycles. The van der Waals surface area contributed by atoms with Crippen molar-refractivity contribution in [3.05, 3.63) is 35.9 Å². The summed E-state index contributed by atoms with van der Waals surface area (Å²) in [5, 5.41) is 4.82. The van der Waals surface area contributed by atoms with Crippen LogP contribution in [0.3, 0.4) is 0 Å². The van der Waals surface area contributed by atoms with E-state index in [0.29, 0.717) is 6.04 Å². The molecule has 1 N–H and O–H groups in total. The molecule has 1 aromatic carbocycles. The van der Waals surface area contributed by atoms with Gasteiger partial charge in [-0.2, -0.15) is 0 Å². The highest BCUT2D eigenvalue weighted by molar-refractivity contribution is 8.13. The third-order valence-corrected chi connectivity index (χ3v) is 5.47. The lowest BCUT2D eigenvalue weighted by Gasteiger charge is -2.33. The van der Waals surface area contributed by atoms with Crippen LogP contribution in [0.4, 0.5) is 0 Å². The quantitative estimate of drug-likeness (QED) is 0.930. The summed E-state index contributed by atoms with van der Waals surface area (Å²) in [6, 6.07) is 11.4. The monoisotopic (exact) mass is 303 g/mol. The summed E-state index contributed by atoms with van der Waals surface area (Å²) < 4.78 is 0. The van der Waals surface area contributed by atoms with E-state index in [9.17, 15) is 0 Å². The third kappa shape index (κ3) is 4.48. The molecular formula is C17H25N3S. The van der Waals surface area contributed by atoms with Gasteiger partial charge >= 0.3 is 0 Å². The number of piperidine rings is 1. The summed E-state index contributed by atoms with van der Waals surface area (Å²) in [6.45, 7) is 6.71. The maximum absolute atomic E-state index is 4.65. The molecule has 114 valence electrons. The van der Waals surface area contributed by atoms with Crippen LogP contribution in [0.5, 0.6) is 0 Å². The molecule has 3 nitrogen and oxygen atoms in total. The number of aliphatic imine (C=N–C) groups is 1. The first-order chi connectivity index (χ1) is 10.3. The van der Waals surface area contributed by atoms with Gasteiger partial charge in [0.25, 0.3) is 0 Å². The fourth-order valence-electron chi connectivity index (χ4n) is 2.90. The Morgan fingerprint density at radius 2 is 2.00 bits per heavy atom. The zero-order chi connectivity index (χ0) is 14.5. The second kappa shape index (κ2) is 7.32. The molecule has 2 heterocycles. The van der Waals surface area contributed by atoms with Crippen LogP contribution in [-0.2, 0) is 6.54 Å². The lowest BCUT2D eigenvalue weighted by Crippen LogP contribution is -2.44. The van der Waals surface area contributed by atoms with E-state index in [1.807, 2.05) is 11.8 Å². The molecule has 1 atom stereocenters. The summed E-state index contributed by atoms with van der Waals surface area (Å²) in [7, 11) is 0. The lowest BCUT2D eigenvalue weighted by molar-refractivity contribution is 0.199. The van der Waals surface area contributed by atoms with Gasteiger partial charge in [0.2, 0.25) is 0 Å². The molecule has 1 aromatic rings. The first-order valence-corrected chi connectivity index (χ1v) is 8.98. The minimum absolute atomic E-state index is 0.608. The van der Waals surface area contributed by atoms with Crippen LogP contribution in [-0.4, -0.2) is 41.5 Å². The van der Waals surface area contributed by atoms with Gasteiger partial charge in [-0.15, -0.1) is 0 Å². The number of nitrogens with one attached hydrogen (secondary N) is 1. The maximum Gasteiger partial charge on any atom is 0.156 e. The molecule has 1 unspecified atom stereocenters. The topological polar surface area (TPSA) is 27.6 Å². The number of likely N-dealkylation sites (tertiary alicyclic amines) is 1. The van der Waals surface area contributed by atoms with Gasteiger partial charge in [0, 0.05) is 38.0 Å². The van der Waals surface area contributed by atoms with E-state index < -0.39 is 0 Å². The predicted octanol–water partition coefficient (Wildman–Crippen LogP) is 2.98. The van der Waals surface area contributed by atoms with Gasteiger partial charge in [-0.1, -0.05) is 49.0 Å². The van der Waals surface area contributed by atoms with Crippen LogP contribution in [0.15, 0.2) is 35.3 Å². The van der Waals surface area contributed by atoms with Crippen molar-refractivity contribution >= 4 is 16.9 Å². The lowest BCUT2D eigenvalue weighted by atomic mass is 10.0. The molecule has 1 fully saturated rings. The standard InChI is InChI=1S/C17H25N3S/c1-14-11-18-17(21-13-14)19-16-7-9-20(10-8-16)12-15-5-3-2-4-6-15/h2-6,14,16H,7-13H2,1H3,(H,18,19). The second-order valence-electron chi connectivity index (χ2n) is 6.24. The number of nitrogens with zero attached hydrogens (tertiary/aromatic N) is 2. The Kier molecular flexibility index (Phi) is 5.20. The van der Waals surface area contributed by atoms with Crippen molar-refractivity contribution in [2.75, 3.05) is 25.4 Å². The van der Waals surface area contributed by atoms with Gasteiger partial charge in [0.05, 0.1) is 0 Å². The highest BCUT2D eigenvalue weighted by Gasteiger charge is 2.21. The van der Waals surface area contributed by atoms with Crippen LogP contribution in [0.1, 0.15) is 25.3 Å². The second-order valence-corrected chi connectivity index (χ2v) is 7.25. The van der Waals surface area contributed by atoms with Crippen LogP contribution in [0, 0.1) is 5.92 Å². The Labute approximate surface area is 132 Å². The Hall–Kier alpha value is -1.00. The zero-order valence-corrected chi connectivity index (χ0v) is 13.6. The van der Waals surface area contributed by atoms with Crippen LogP contribution in [0.25, 0.3) is 0 Å². The number of thioether (sulfide) groups is 1. The summed E-state index contributed by atoms with van der Waals surface area (Å²) in [4.78, 5) is 7.21. The van der Waals surface area contributed by atoms with Crippen molar-refractivity contribution in [3.63, 3.8) is 0 Å². The summed E-state index contributed by atoms with van der Waals surface area (Å²) in [5.41, 5.74) is 1.42. The molecule has 21 heavy (non-hydrogen) atoms. The van der Waals surface area contributed by atoms with Crippen LogP contribution >= 0.6 is 11.8 Å². The average Bonchev–Trinajstić information content (AvgIpc) is 2.53. The summed E-state index contributed by atoms with van der Waals surface area (Å²) in [5.74, 6) is 1.94. The van der Waals surface area contributed by atoms with Gasteiger partial charge in [-0.05, 0) is 24.3 Å². The van der Waals surface area contributed by atoms with Crippen LogP contribution in [0.2, 0.25) is 0 Å². The highest BCUT2D eigenvalue weighted by Crippen LogP contribution is 2.19. The smallest absolute Gasteiger partial charge is 0.156 e. The number of hydrogen-bond donors (Lipinski definition) is 1. The van der Waals surface area contributed by atoms with E-state index in [2.05, 4.69) is 52.5 Å². The van der Waals surface area contributed by atoms with Crippen molar-refractivity contribution in [1.82, 2.24) is 10.2 Å². The van der Waals surface area contributed by atoms with Crippen molar-refractivity contribution in [2.45, 2.75) is 32.4 Å². The third-order valence-electron chi connectivity index (χ3n) is 4.22. The molecule has 2 aliphatic rings. The Balaban J connectivity index is 1.43. The van der Waals surface area contributed by atoms with Gasteiger partial charge in [0.15, 0.2) is 5.17 Å². The minimum atomic E-state index is 0.608. The molecule has 4 heteroatoms. The molecule has 0 saturated carbocycles. The van der Waals surface area contributed by atoms with Crippen molar-refractivity contribution in [1.29, 1.82) is 0 Å². The van der Waals surface area contributed by atoms with E-state index in [-0.39, 0.29) is 0 Å². The SMILES string of the molecule is CC1CN=C(NC2CCN(Cc3ccccc3)CC2)SC1. The van der Waals surface area contributed by atoms with Crippen LogP contribution < -0.4 is 5.32 Å². The largest absolute Gasteiger partial charge is 0.362 e. The van der Waals surface area contributed by atoms with E-state index >= 15 is 0 Å². The van der Waals surface area contributed by atoms with Crippen molar-refractivity contribution < 1.29 is 0 Å². The molecule has 0 amide bonds. The molecule has 0 spiro atoms. The Morgan fingerprint density at radius 3 is 2.67 bits per heavy atom. The highest BCUT2D eigenvalue weighted by atomic mass is 32.2. The average molecular weight is 303 g/mol. The van der Waals surface area contributed by atoms with Gasteiger partial charge in [-0.25, -0.2) is 0 Å². The molecule has 2 aliphatic heterocycles. The first-order valence-electron chi connectivity index (χ1n) is 7.99. The Morgan fingerprint density at radius 1 is 1.24 bits per heavy atom. The van der Waals surface area contributed by atoms with Crippen molar-refractivity contribution in [3.8, 4) is 0 Å². The van der Waals surface area contributed by atoms with Gasteiger partial charge < -0.3 is 5.32 Å². The van der Waals surface area contributed by atoms with E-state index in [0.717, 1.165) is 19.0 Å². The van der Waals surface area contributed by atoms with E-state index in [1.54, 1.807) is 0 Å². The molecule has 3 rings (SSSR count). The van der Waals surface area contributed by atoms with E-state index in [1.165, 1.54) is 42.4 Å². The molecule has 0 aliphatic carbocycles. The maximum atomic E-state index is 4.65. The number of rotatable bonds is 3. The predicted molar refractivity (Wildman–Crippen MR) is 91.8 cm³/mol. The fraction of sp³-hybridized carbons (Fsp3) is 0.588. The van der Waals surface area contributed by atoms with Gasteiger partial charge in [0.1, 0.15) is 0 Å². The number of hydrogen-bond acceptors (Lipinski definition) is 4. The molecule has 1 saturated heterocycles.